The number of amides is 1. The van der Waals surface area contributed by atoms with Gasteiger partial charge in [-0.25, -0.2) is 8.42 Å². The molecule has 1 amide bonds. The van der Waals surface area contributed by atoms with Gasteiger partial charge in [0.1, 0.15) is 12.0 Å². The lowest BCUT2D eigenvalue weighted by Gasteiger charge is -2.35. The average Bonchev–Trinajstić information content (AvgIpc) is 3.16. The van der Waals surface area contributed by atoms with E-state index in [0.29, 0.717) is 57.3 Å². The maximum absolute atomic E-state index is 12.5. The number of piperazine rings is 1. The fraction of sp³-hybridized carbons (Fsp3) is 0.688. The third-order valence-electron chi connectivity index (χ3n) is 4.17. The molecule has 2 rings (SSSR count). The van der Waals surface area contributed by atoms with Gasteiger partial charge in [-0.15, -0.1) is 0 Å². The van der Waals surface area contributed by atoms with Crippen LogP contribution >= 0.6 is 0 Å². The second-order valence-electron chi connectivity index (χ2n) is 6.21. The molecule has 0 radical (unpaired) electrons. The number of guanidine groups is 1. The number of hydrogen-bond donors (Lipinski definition) is 2. The van der Waals surface area contributed by atoms with Gasteiger partial charge in [0, 0.05) is 58.8 Å². The van der Waals surface area contributed by atoms with Gasteiger partial charge >= 0.3 is 0 Å². The highest BCUT2D eigenvalue weighted by Crippen LogP contribution is 2.12. The molecule has 0 bridgehead atoms. The van der Waals surface area contributed by atoms with Crippen LogP contribution < -0.4 is 10.6 Å². The van der Waals surface area contributed by atoms with Crippen LogP contribution in [0.3, 0.4) is 0 Å². The lowest BCUT2D eigenvalue weighted by Crippen LogP contribution is -2.54. The molecule has 1 saturated heterocycles. The number of carbonyl (C=O) groups is 1. The number of carbonyl (C=O) groups excluding carboxylic acids is 1. The van der Waals surface area contributed by atoms with Crippen molar-refractivity contribution in [2.75, 3.05) is 46.3 Å². The SMILES string of the molecule is CCCNC(=O)CCNC(=NC)N1CCN(S(=O)(=O)Cc2ccon2)CC1. The molecule has 0 unspecified atom stereocenters. The molecule has 2 heterocycles. The zero-order valence-electron chi connectivity index (χ0n) is 15.8. The lowest BCUT2D eigenvalue weighted by molar-refractivity contribution is -0.120. The van der Waals surface area contributed by atoms with E-state index in [1.807, 2.05) is 11.8 Å². The topological polar surface area (TPSA) is 120 Å². The number of nitrogens with zero attached hydrogens (tertiary/aromatic N) is 4. The van der Waals surface area contributed by atoms with E-state index in [9.17, 15) is 13.2 Å². The van der Waals surface area contributed by atoms with Crippen LogP contribution in [0.5, 0.6) is 0 Å². The molecule has 11 heteroatoms. The first-order valence-corrected chi connectivity index (χ1v) is 10.7. The van der Waals surface area contributed by atoms with E-state index in [1.165, 1.54) is 10.6 Å². The number of aliphatic imine (C=N–C) groups is 1. The Kier molecular flexibility index (Phi) is 8.04. The number of nitrogens with one attached hydrogen (secondary N) is 2. The molecule has 0 aromatic carbocycles. The van der Waals surface area contributed by atoms with Crippen molar-refractivity contribution < 1.29 is 17.7 Å². The average molecular weight is 401 g/mol. The smallest absolute Gasteiger partial charge is 0.221 e. The highest BCUT2D eigenvalue weighted by atomic mass is 32.2. The Morgan fingerprint density at radius 3 is 2.59 bits per heavy atom. The van der Waals surface area contributed by atoms with Crippen LogP contribution in [0.4, 0.5) is 0 Å². The van der Waals surface area contributed by atoms with Gasteiger partial charge in [0.05, 0.1) is 5.69 Å². The van der Waals surface area contributed by atoms with Crippen molar-refractivity contribution in [2.45, 2.75) is 25.5 Å². The first-order valence-electron chi connectivity index (χ1n) is 9.05. The predicted octanol–water partition coefficient (Wildman–Crippen LogP) is -0.386. The Bertz CT molecular complexity index is 711. The van der Waals surface area contributed by atoms with Gasteiger partial charge in [0.2, 0.25) is 15.9 Å². The molecule has 0 atom stereocenters. The van der Waals surface area contributed by atoms with Crippen LogP contribution in [-0.2, 0) is 20.6 Å². The third kappa shape index (κ3) is 6.51. The Labute approximate surface area is 160 Å². The standard InChI is InChI=1S/C16H28N6O4S/c1-3-6-18-15(23)4-7-19-16(17-2)21-8-10-22(11-9-21)27(24,25)13-14-5-12-26-20-14/h5,12H,3-4,6-11,13H2,1-2H3,(H,17,19)(H,18,23). The summed E-state index contributed by atoms with van der Waals surface area (Å²) < 4.78 is 31.1. The minimum atomic E-state index is -3.43. The van der Waals surface area contributed by atoms with Gasteiger partial charge < -0.3 is 20.1 Å². The van der Waals surface area contributed by atoms with Crippen molar-refractivity contribution in [3.63, 3.8) is 0 Å². The quantitative estimate of drug-likeness (QED) is 0.450. The van der Waals surface area contributed by atoms with Gasteiger partial charge in [0.25, 0.3) is 0 Å². The first-order chi connectivity index (χ1) is 13.0. The monoisotopic (exact) mass is 400 g/mol. The molecule has 0 aliphatic carbocycles. The van der Waals surface area contributed by atoms with Crippen LogP contribution in [0.25, 0.3) is 0 Å². The summed E-state index contributed by atoms with van der Waals surface area (Å²) in [7, 11) is -1.75. The van der Waals surface area contributed by atoms with Crippen molar-refractivity contribution in [1.29, 1.82) is 0 Å². The lowest BCUT2D eigenvalue weighted by atomic mass is 10.3. The fourth-order valence-corrected chi connectivity index (χ4v) is 4.17. The molecular formula is C16H28N6O4S. The molecule has 27 heavy (non-hydrogen) atoms. The Morgan fingerprint density at radius 2 is 2.00 bits per heavy atom. The van der Waals surface area contributed by atoms with Crippen molar-refractivity contribution in [1.82, 2.24) is 25.0 Å². The molecule has 1 aliphatic heterocycles. The van der Waals surface area contributed by atoms with Crippen LogP contribution in [0.1, 0.15) is 25.5 Å². The van der Waals surface area contributed by atoms with Crippen molar-refractivity contribution in [3.05, 3.63) is 18.0 Å². The zero-order chi connectivity index (χ0) is 19.7. The molecular weight excluding hydrogens is 372 g/mol. The third-order valence-corrected chi connectivity index (χ3v) is 5.98. The van der Waals surface area contributed by atoms with E-state index in [4.69, 9.17) is 4.52 Å². The summed E-state index contributed by atoms with van der Waals surface area (Å²) in [6, 6.07) is 1.55. The van der Waals surface area contributed by atoms with Gasteiger partial charge in [-0.1, -0.05) is 12.1 Å². The maximum atomic E-state index is 12.5. The molecule has 1 aromatic heterocycles. The van der Waals surface area contributed by atoms with Gasteiger partial charge in [-0.3, -0.25) is 9.79 Å². The van der Waals surface area contributed by atoms with Crippen molar-refractivity contribution >= 4 is 21.9 Å². The zero-order valence-corrected chi connectivity index (χ0v) is 16.7. The maximum Gasteiger partial charge on any atom is 0.221 e. The summed E-state index contributed by atoms with van der Waals surface area (Å²) >= 11 is 0. The van der Waals surface area contributed by atoms with E-state index in [1.54, 1.807) is 13.1 Å². The second kappa shape index (κ2) is 10.3. The number of rotatable bonds is 8. The normalized spacial score (nSPS) is 16.4. The van der Waals surface area contributed by atoms with Crippen molar-refractivity contribution in [3.8, 4) is 0 Å². The summed E-state index contributed by atoms with van der Waals surface area (Å²) in [5.74, 6) is 0.513. The summed E-state index contributed by atoms with van der Waals surface area (Å²) in [5.41, 5.74) is 0.399. The minimum Gasteiger partial charge on any atom is -0.364 e. The summed E-state index contributed by atoms with van der Waals surface area (Å²) in [6.07, 6.45) is 2.64. The van der Waals surface area contributed by atoms with Crippen LogP contribution in [0.15, 0.2) is 21.8 Å². The number of hydrogen-bond acceptors (Lipinski definition) is 6. The summed E-state index contributed by atoms with van der Waals surface area (Å²) in [4.78, 5) is 17.9. The highest BCUT2D eigenvalue weighted by molar-refractivity contribution is 7.88. The van der Waals surface area contributed by atoms with E-state index >= 15 is 0 Å². The molecule has 0 spiro atoms. The predicted molar refractivity (Wildman–Crippen MR) is 102 cm³/mol. The second-order valence-corrected chi connectivity index (χ2v) is 8.18. The fourth-order valence-electron chi connectivity index (χ4n) is 2.74. The number of sulfonamides is 1. The van der Waals surface area contributed by atoms with Crippen LogP contribution in [0.2, 0.25) is 0 Å². The molecule has 152 valence electrons. The summed E-state index contributed by atoms with van der Waals surface area (Å²) in [6.45, 7) is 4.96. The van der Waals surface area contributed by atoms with Crippen LogP contribution in [-0.4, -0.2) is 81.0 Å². The minimum absolute atomic E-state index is 0.00331. The summed E-state index contributed by atoms with van der Waals surface area (Å²) in [5, 5.41) is 9.65. The largest absolute Gasteiger partial charge is 0.364 e. The molecule has 10 nitrogen and oxygen atoms in total. The van der Waals surface area contributed by atoms with Gasteiger partial charge in [0.15, 0.2) is 5.96 Å². The number of aromatic nitrogens is 1. The molecule has 1 fully saturated rings. The van der Waals surface area contributed by atoms with Gasteiger partial charge in [-0.05, 0) is 6.42 Å². The highest BCUT2D eigenvalue weighted by Gasteiger charge is 2.28. The van der Waals surface area contributed by atoms with E-state index in [2.05, 4.69) is 20.8 Å². The van der Waals surface area contributed by atoms with Crippen molar-refractivity contribution in [2.24, 2.45) is 4.99 Å². The van der Waals surface area contributed by atoms with Gasteiger partial charge in [-0.2, -0.15) is 4.31 Å². The van der Waals surface area contributed by atoms with E-state index in [0.717, 1.165) is 6.42 Å². The van der Waals surface area contributed by atoms with E-state index in [-0.39, 0.29) is 11.7 Å². The van der Waals surface area contributed by atoms with E-state index < -0.39 is 10.0 Å². The van der Waals surface area contributed by atoms with Crippen LogP contribution in [0, 0.1) is 0 Å². The Morgan fingerprint density at radius 1 is 1.26 bits per heavy atom. The Balaban J connectivity index is 1.78. The molecule has 1 aromatic rings. The molecule has 2 N–H and O–H groups in total. The molecule has 1 aliphatic rings. The Hall–Kier alpha value is -2.14. The molecule has 0 saturated carbocycles. The first kappa shape index (κ1) is 21.2.